The zero-order valence-electron chi connectivity index (χ0n) is 15.0. The van der Waals surface area contributed by atoms with Gasteiger partial charge in [0, 0.05) is 43.6 Å². The van der Waals surface area contributed by atoms with Gasteiger partial charge in [-0.25, -0.2) is 4.98 Å². The van der Waals surface area contributed by atoms with E-state index in [1.165, 1.54) is 0 Å². The number of amides is 2. The molecule has 1 aliphatic carbocycles. The first-order valence-corrected chi connectivity index (χ1v) is 9.27. The summed E-state index contributed by atoms with van der Waals surface area (Å²) in [6.45, 7) is 1.18. The van der Waals surface area contributed by atoms with Crippen molar-refractivity contribution in [2.24, 2.45) is 0 Å². The molecule has 2 aromatic rings. The largest absolute Gasteiger partial charge is 0.346 e. The molecule has 1 saturated carbocycles. The molecule has 7 heteroatoms. The summed E-state index contributed by atoms with van der Waals surface area (Å²) in [6.07, 6.45) is 8.12. The van der Waals surface area contributed by atoms with Crippen molar-refractivity contribution >= 4 is 34.7 Å². The Hall–Kier alpha value is -3.14. The van der Waals surface area contributed by atoms with Crippen LogP contribution in [0.15, 0.2) is 24.4 Å². The molecule has 2 aromatic heterocycles. The standard InChI is InChI=1S/C20H21N5O2/c21-8-1-4-19(27)24-10-2-3-14(12-24)17-11-18(25(13-26)15-5-6-15)23-20-16(17)7-9-22-20/h3,7,9,11,13,15H,1-2,4-6,10,12H2,(H,22,23). The van der Waals surface area contributed by atoms with Crippen molar-refractivity contribution < 1.29 is 9.59 Å². The van der Waals surface area contributed by atoms with Crippen molar-refractivity contribution in [1.29, 1.82) is 5.26 Å². The monoisotopic (exact) mass is 363 g/mol. The predicted octanol–water partition coefficient (Wildman–Crippen LogP) is 2.61. The number of hydrogen-bond acceptors (Lipinski definition) is 4. The smallest absolute Gasteiger partial charge is 0.223 e. The lowest BCUT2D eigenvalue weighted by Crippen LogP contribution is -2.35. The van der Waals surface area contributed by atoms with Crippen molar-refractivity contribution in [2.75, 3.05) is 18.0 Å². The first kappa shape index (κ1) is 17.3. The molecule has 0 saturated heterocycles. The summed E-state index contributed by atoms with van der Waals surface area (Å²) in [6, 6.07) is 6.20. The van der Waals surface area contributed by atoms with Crippen LogP contribution in [0.4, 0.5) is 5.82 Å². The lowest BCUT2D eigenvalue weighted by atomic mass is 9.98. The minimum absolute atomic E-state index is 0.00856. The number of pyridine rings is 1. The molecule has 0 aromatic carbocycles. The fourth-order valence-electron chi connectivity index (χ4n) is 3.57. The Kier molecular flexibility index (Phi) is 4.63. The first-order valence-electron chi connectivity index (χ1n) is 9.27. The van der Waals surface area contributed by atoms with Gasteiger partial charge in [0.15, 0.2) is 0 Å². The Labute approximate surface area is 157 Å². The van der Waals surface area contributed by atoms with Gasteiger partial charge in [-0.1, -0.05) is 6.08 Å². The molecule has 1 aliphatic heterocycles. The molecule has 0 unspecified atom stereocenters. The molecule has 4 rings (SSSR count). The molecule has 0 bridgehead atoms. The number of rotatable bonds is 6. The summed E-state index contributed by atoms with van der Waals surface area (Å²) >= 11 is 0. The second-order valence-corrected chi connectivity index (χ2v) is 7.00. The van der Waals surface area contributed by atoms with Crippen LogP contribution in [0, 0.1) is 11.3 Å². The Balaban J connectivity index is 1.67. The average Bonchev–Trinajstić information content (AvgIpc) is 3.42. The van der Waals surface area contributed by atoms with Gasteiger partial charge in [0.1, 0.15) is 11.5 Å². The van der Waals surface area contributed by atoms with Crippen LogP contribution in [0.1, 0.15) is 37.7 Å². The number of fused-ring (bicyclic) bond motifs is 1. The number of nitrogens with zero attached hydrogens (tertiary/aromatic N) is 4. The summed E-state index contributed by atoms with van der Waals surface area (Å²) in [5.74, 6) is 0.653. The third-order valence-electron chi connectivity index (χ3n) is 5.13. The van der Waals surface area contributed by atoms with Crippen LogP contribution in [0.5, 0.6) is 0 Å². The van der Waals surface area contributed by atoms with Gasteiger partial charge in [-0.15, -0.1) is 0 Å². The zero-order valence-corrected chi connectivity index (χ0v) is 15.0. The van der Waals surface area contributed by atoms with Gasteiger partial charge in [0.2, 0.25) is 12.3 Å². The van der Waals surface area contributed by atoms with Crippen LogP contribution in [0.3, 0.4) is 0 Å². The second-order valence-electron chi connectivity index (χ2n) is 7.00. The van der Waals surface area contributed by atoms with Crippen LogP contribution < -0.4 is 4.90 Å². The van der Waals surface area contributed by atoms with Gasteiger partial charge in [-0.2, -0.15) is 5.26 Å². The Bertz CT molecular complexity index is 951. The summed E-state index contributed by atoms with van der Waals surface area (Å²) in [7, 11) is 0. The Morgan fingerprint density at radius 2 is 2.33 bits per heavy atom. The van der Waals surface area contributed by atoms with E-state index in [1.54, 1.807) is 4.90 Å². The van der Waals surface area contributed by atoms with Crippen molar-refractivity contribution in [3.8, 4) is 6.07 Å². The summed E-state index contributed by atoms with van der Waals surface area (Å²) < 4.78 is 0. The molecule has 0 atom stereocenters. The quantitative estimate of drug-likeness (QED) is 0.799. The van der Waals surface area contributed by atoms with Gasteiger partial charge in [0.25, 0.3) is 0 Å². The van der Waals surface area contributed by atoms with Crippen molar-refractivity contribution in [3.05, 3.63) is 30.0 Å². The molecule has 1 fully saturated rings. The normalized spacial score (nSPS) is 16.7. The number of nitriles is 1. The maximum atomic E-state index is 12.3. The molecular weight excluding hydrogens is 342 g/mol. The number of carbonyl (C=O) groups is 2. The SMILES string of the molecule is N#CCCC(=O)N1CCC=C(c2cc(N(C=O)C3CC3)nc3[nH]ccc23)C1. The molecule has 2 aliphatic rings. The first-order chi connectivity index (χ1) is 13.2. The highest BCUT2D eigenvalue weighted by Crippen LogP contribution is 2.34. The molecule has 138 valence electrons. The lowest BCUT2D eigenvalue weighted by molar-refractivity contribution is -0.130. The van der Waals surface area contributed by atoms with Crippen molar-refractivity contribution in [1.82, 2.24) is 14.9 Å². The number of aromatic amines is 1. The molecule has 3 heterocycles. The van der Waals surface area contributed by atoms with Gasteiger partial charge in [0.05, 0.1) is 6.07 Å². The van der Waals surface area contributed by atoms with E-state index < -0.39 is 0 Å². The Morgan fingerprint density at radius 1 is 1.48 bits per heavy atom. The predicted molar refractivity (Wildman–Crippen MR) is 102 cm³/mol. The minimum Gasteiger partial charge on any atom is -0.346 e. The number of aromatic nitrogens is 2. The van der Waals surface area contributed by atoms with Gasteiger partial charge < -0.3 is 9.88 Å². The van der Waals surface area contributed by atoms with E-state index >= 15 is 0 Å². The molecular formula is C20H21N5O2. The minimum atomic E-state index is 0.00856. The van der Waals surface area contributed by atoms with Crippen LogP contribution in [-0.4, -0.2) is 46.3 Å². The molecule has 0 radical (unpaired) electrons. The van der Waals surface area contributed by atoms with Crippen LogP contribution in [-0.2, 0) is 9.59 Å². The van der Waals surface area contributed by atoms with E-state index in [0.717, 1.165) is 47.8 Å². The zero-order chi connectivity index (χ0) is 18.8. The summed E-state index contributed by atoms with van der Waals surface area (Å²) in [5.41, 5.74) is 2.80. The average molecular weight is 363 g/mol. The molecule has 7 nitrogen and oxygen atoms in total. The maximum Gasteiger partial charge on any atom is 0.223 e. The highest BCUT2D eigenvalue weighted by atomic mass is 16.2. The molecule has 0 spiro atoms. The lowest BCUT2D eigenvalue weighted by Gasteiger charge is -2.28. The fourth-order valence-corrected chi connectivity index (χ4v) is 3.57. The van der Waals surface area contributed by atoms with Crippen molar-refractivity contribution in [3.63, 3.8) is 0 Å². The number of H-pyrrole nitrogens is 1. The van der Waals surface area contributed by atoms with Crippen LogP contribution in [0.2, 0.25) is 0 Å². The number of hydrogen-bond donors (Lipinski definition) is 1. The van der Waals surface area contributed by atoms with Gasteiger partial charge >= 0.3 is 0 Å². The van der Waals surface area contributed by atoms with Gasteiger partial charge in [-0.05, 0) is 42.5 Å². The topological polar surface area (TPSA) is 93.1 Å². The van der Waals surface area contributed by atoms with Crippen LogP contribution >= 0.6 is 0 Å². The molecule has 2 amide bonds. The van der Waals surface area contributed by atoms with E-state index in [1.807, 2.05) is 29.3 Å². The fraction of sp³-hybridized carbons (Fsp3) is 0.400. The second kappa shape index (κ2) is 7.23. The van der Waals surface area contributed by atoms with Gasteiger partial charge in [-0.3, -0.25) is 14.5 Å². The molecule has 27 heavy (non-hydrogen) atoms. The highest BCUT2D eigenvalue weighted by Gasteiger charge is 2.31. The summed E-state index contributed by atoms with van der Waals surface area (Å²) in [5, 5.41) is 9.70. The highest BCUT2D eigenvalue weighted by molar-refractivity contribution is 5.94. The Morgan fingerprint density at radius 3 is 3.07 bits per heavy atom. The van der Waals surface area contributed by atoms with E-state index in [-0.39, 0.29) is 24.8 Å². The van der Waals surface area contributed by atoms with Crippen LogP contribution in [0.25, 0.3) is 16.6 Å². The number of nitrogens with one attached hydrogen (secondary N) is 1. The third-order valence-corrected chi connectivity index (χ3v) is 5.13. The van der Waals surface area contributed by atoms with E-state index in [4.69, 9.17) is 5.26 Å². The van der Waals surface area contributed by atoms with E-state index in [9.17, 15) is 9.59 Å². The summed E-state index contributed by atoms with van der Waals surface area (Å²) in [4.78, 5) is 35.2. The number of anilines is 1. The van der Waals surface area contributed by atoms with Crippen molar-refractivity contribution in [2.45, 2.75) is 38.1 Å². The number of carbonyl (C=O) groups excluding carboxylic acids is 2. The maximum absolute atomic E-state index is 12.3. The van der Waals surface area contributed by atoms with E-state index in [0.29, 0.717) is 18.9 Å². The third kappa shape index (κ3) is 3.43. The van der Waals surface area contributed by atoms with E-state index in [2.05, 4.69) is 16.0 Å². The molecule has 1 N–H and O–H groups in total.